The summed E-state index contributed by atoms with van der Waals surface area (Å²) >= 11 is 0. The minimum Gasteiger partial charge on any atom is -0.307 e. The van der Waals surface area contributed by atoms with Gasteiger partial charge in [0.2, 0.25) is 0 Å². The molecule has 0 saturated heterocycles. The molecule has 0 atom stereocenters. The zero-order valence-electron chi connectivity index (χ0n) is 16.9. The number of nitrogens with two attached hydrogens (primary N) is 2. The maximum atomic E-state index is 7.48. The van der Waals surface area contributed by atoms with Gasteiger partial charge in [0.25, 0.3) is 0 Å². The van der Waals surface area contributed by atoms with Crippen molar-refractivity contribution in [2.75, 3.05) is 0 Å². The predicted octanol–water partition coefficient (Wildman–Crippen LogP) is 0.357. The standard InChI is InChI=1S/2C7H10N4/c2*1-5-3-2-4-6(10-5)7(8)11-9/h2*2-4H,9H2,1H3,(H2,8,11)/i1T2,2T,3T,4T;. The normalized spacial score (nSPS) is 12.6. The Hall–Kier alpha value is -2.84. The summed E-state index contributed by atoms with van der Waals surface area (Å²) in [5.74, 6) is 9.77. The number of aryl methyl sites for hydroxylation is 2. The Bertz CT molecular complexity index is 842. The first-order valence-electron chi connectivity index (χ1n) is 8.66. The first-order valence-corrected chi connectivity index (χ1v) is 6.00. The third kappa shape index (κ3) is 5.27. The third-order valence-corrected chi connectivity index (χ3v) is 2.27. The van der Waals surface area contributed by atoms with Gasteiger partial charge < -0.3 is 10.9 Å². The van der Waals surface area contributed by atoms with Crippen molar-refractivity contribution in [1.29, 1.82) is 10.8 Å². The Morgan fingerprint density at radius 3 is 2.32 bits per heavy atom. The van der Waals surface area contributed by atoms with Crippen LogP contribution in [-0.2, 0) is 0 Å². The summed E-state index contributed by atoms with van der Waals surface area (Å²) < 4.78 is 36.6. The molecule has 0 aliphatic heterocycles. The van der Waals surface area contributed by atoms with Gasteiger partial charge >= 0.3 is 0 Å². The Labute approximate surface area is 136 Å². The largest absolute Gasteiger partial charge is 0.307 e. The monoisotopic (exact) mass is 310 g/mol. The summed E-state index contributed by atoms with van der Waals surface area (Å²) in [7, 11) is 0. The van der Waals surface area contributed by atoms with Crippen LogP contribution < -0.4 is 22.5 Å². The molecule has 0 aliphatic carbocycles. The molecule has 2 heterocycles. The second-order valence-electron chi connectivity index (χ2n) is 3.92. The van der Waals surface area contributed by atoms with Gasteiger partial charge in [0, 0.05) is 14.1 Å². The number of hydrogen-bond acceptors (Lipinski definition) is 6. The molecule has 0 amide bonds. The van der Waals surface area contributed by atoms with Crippen molar-refractivity contribution in [2.45, 2.75) is 13.8 Å². The molecular weight excluding hydrogens is 280 g/mol. The second-order valence-corrected chi connectivity index (χ2v) is 3.92. The summed E-state index contributed by atoms with van der Waals surface area (Å²) in [5.41, 5.74) is 5.14. The molecule has 2 aromatic rings. The van der Waals surface area contributed by atoms with E-state index in [1.807, 2.05) is 24.5 Å². The number of pyridine rings is 2. The van der Waals surface area contributed by atoms with Crippen LogP contribution in [0.1, 0.15) is 29.6 Å². The number of rotatable bonds is 2. The molecule has 0 saturated carbocycles. The summed E-state index contributed by atoms with van der Waals surface area (Å²) in [6, 6.07) is 4.11. The smallest absolute Gasteiger partial charge is 0.158 e. The Morgan fingerprint density at radius 1 is 1.09 bits per heavy atom. The summed E-state index contributed by atoms with van der Waals surface area (Å²) in [4.78, 5) is 7.74. The van der Waals surface area contributed by atoms with Gasteiger partial charge in [0.05, 0.1) is 4.11 Å². The highest BCUT2D eigenvalue weighted by Crippen LogP contribution is 1.97. The van der Waals surface area contributed by atoms with E-state index in [4.69, 9.17) is 29.4 Å². The molecule has 8 heteroatoms. The molecule has 22 heavy (non-hydrogen) atoms. The topological polar surface area (TPSA) is 150 Å². The fourth-order valence-corrected chi connectivity index (χ4v) is 1.27. The lowest BCUT2D eigenvalue weighted by atomic mass is 10.3. The van der Waals surface area contributed by atoms with Crippen molar-refractivity contribution < 1.29 is 6.85 Å². The number of hydrogen-bond donors (Lipinski definition) is 6. The molecule has 0 radical (unpaired) electrons. The first kappa shape index (κ1) is 10.8. The number of nitrogens with one attached hydrogen (secondary N) is 4. The lowest BCUT2D eigenvalue weighted by Crippen LogP contribution is -2.30. The molecular formula is C14H20N8. The average Bonchev–Trinajstić information content (AvgIpc) is 2.65. The van der Waals surface area contributed by atoms with Gasteiger partial charge in [-0.05, 0) is 38.0 Å². The van der Waals surface area contributed by atoms with E-state index in [0.29, 0.717) is 5.69 Å². The van der Waals surface area contributed by atoms with E-state index in [1.54, 1.807) is 6.07 Å². The minimum absolute atomic E-state index is 0.133. The molecule has 116 valence electrons. The van der Waals surface area contributed by atoms with Gasteiger partial charge in [-0.3, -0.25) is 10.8 Å². The van der Waals surface area contributed by atoms with Crippen LogP contribution in [-0.4, -0.2) is 21.6 Å². The van der Waals surface area contributed by atoms with E-state index in [9.17, 15) is 0 Å². The van der Waals surface area contributed by atoms with Crippen molar-refractivity contribution in [2.24, 2.45) is 11.7 Å². The zero-order valence-corrected chi connectivity index (χ0v) is 11.9. The molecule has 2 aromatic heterocycles. The van der Waals surface area contributed by atoms with Crippen molar-refractivity contribution in [3.8, 4) is 0 Å². The molecule has 8 N–H and O–H groups in total. The van der Waals surface area contributed by atoms with E-state index in [-0.39, 0.29) is 23.1 Å². The summed E-state index contributed by atoms with van der Waals surface area (Å²) in [6.07, 6.45) is 0. The number of hydrazine groups is 2. The van der Waals surface area contributed by atoms with E-state index < -0.39 is 25.0 Å². The Kier molecular flexibility index (Phi) is 4.16. The average molecular weight is 310 g/mol. The maximum Gasteiger partial charge on any atom is 0.158 e. The molecule has 0 spiro atoms. The van der Waals surface area contributed by atoms with Gasteiger partial charge in [0.15, 0.2) is 11.7 Å². The van der Waals surface area contributed by atoms with Gasteiger partial charge in [-0.2, -0.15) is 0 Å². The minimum atomic E-state index is -1.54. The number of amidine groups is 2. The van der Waals surface area contributed by atoms with Crippen LogP contribution in [0.3, 0.4) is 0 Å². The highest BCUT2D eigenvalue weighted by Gasteiger charge is 1.99. The van der Waals surface area contributed by atoms with Crippen LogP contribution in [0.25, 0.3) is 0 Å². The summed E-state index contributed by atoms with van der Waals surface area (Å²) in [6.45, 7) is 0.328. The molecule has 0 aliphatic rings. The highest BCUT2D eigenvalue weighted by atomic mass is 15.2. The van der Waals surface area contributed by atoms with Crippen molar-refractivity contribution >= 4 is 11.7 Å². The van der Waals surface area contributed by atoms with Gasteiger partial charge in [-0.15, -0.1) is 0 Å². The van der Waals surface area contributed by atoms with Gasteiger partial charge in [0.1, 0.15) is 11.4 Å². The van der Waals surface area contributed by atoms with E-state index >= 15 is 0 Å². The molecule has 0 unspecified atom stereocenters. The van der Waals surface area contributed by atoms with E-state index in [0.717, 1.165) is 5.69 Å². The van der Waals surface area contributed by atoms with Crippen LogP contribution in [0.2, 0.25) is 0 Å². The molecule has 2 rings (SSSR count). The van der Waals surface area contributed by atoms with Crippen LogP contribution in [0.4, 0.5) is 0 Å². The maximum absolute atomic E-state index is 7.48. The van der Waals surface area contributed by atoms with E-state index in [1.165, 1.54) is 0 Å². The molecule has 0 bridgehead atoms. The number of aromatic nitrogens is 2. The lowest BCUT2D eigenvalue weighted by Gasteiger charge is -2.01. The van der Waals surface area contributed by atoms with Crippen LogP contribution in [0, 0.1) is 24.6 Å². The van der Waals surface area contributed by atoms with Crippen LogP contribution in [0.5, 0.6) is 0 Å². The van der Waals surface area contributed by atoms with Gasteiger partial charge in [-0.1, -0.05) is 12.1 Å². The fourth-order valence-electron chi connectivity index (χ4n) is 1.27. The number of nitrogens with zero attached hydrogens (tertiary/aromatic N) is 2. The van der Waals surface area contributed by atoms with E-state index in [2.05, 4.69) is 15.4 Å². The Balaban J connectivity index is 0.000000289. The Morgan fingerprint density at radius 2 is 1.73 bits per heavy atom. The highest BCUT2D eigenvalue weighted by molar-refractivity contribution is 5.94. The van der Waals surface area contributed by atoms with Crippen LogP contribution >= 0.6 is 0 Å². The fraction of sp³-hybridized carbons (Fsp3) is 0.143. The third-order valence-electron chi connectivity index (χ3n) is 2.27. The van der Waals surface area contributed by atoms with Crippen molar-refractivity contribution in [3.63, 3.8) is 0 Å². The molecule has 8 nitrogen and oxygen atoms in total. The lowest BCUT2D eigenvalue weighted by molar-refractivity contribution is 0.995. The molecule has 0 aromatic carbocycles. The SMILES string of the molecule is Cc1cccc(C(=N)NN)n1.[3H]c1c(C(=N)NN)nc(C([3H])[3H])c([3H])c1[3H]. The first-order chi connectivity index (χ1) is 12.6. The quantitative estimate of drug-likeness (QED) is 0.204. The van der Waals surface area contributed by atoms with Crippen molar-refractivity contribution in [1.82, 2.24) is 20.8 Å². The van der Waals surface area contributed by atoms with Crippen molar-refractivity contribution in [3.05, 3.63) is 59.1 Å². The van der Waals surface area contributed by atoms with Gasteiger partial charge in [-0.25, -0.2) is 21.7 Å². The summed E-state index contributed by atoms with van der Waals surface area (Å²) in [5, 5.41) is 14.6. The predicted molar refractivity (Wildman–Crippen MR) is 86.3 cm³/mol. The zero-order chi connectivity index (χ0) is 20.7. The van der Waals surface area contributed by atoms with Crippen LogP contribution in [0.15, 0.2) is 36.3 Å². The molecule has 0 fully saturated rings. The second kappa shape index (κ2) is 8.45.